The van der Waals surface area contributed by atoms with Crippen molar-refractivity contribution in [3.8, 4) is 0 Å². The number of nitrogens with zero attached hydrogens (tertiary/aromatic N) is 1. The highest BCUT2D eigenvalue weighted by atomic mass is 127. The molecule has 0 unspecified atom stereocenters. The van der Waals surface area contributed by atoms with Crippen LogP contribution in [0.5, 0.6) is 0 Å². The summed E-state index contributed by atoms with van der Waals surface area (Å²) in [4.78, 5) is 14.3. The number of thiophene rings is 1. The molecule has 1 amide bonds. The summed E-state index contributed by atoms with van der Waals surface area (Å²) in [6, 6.07) is 3.01. The van der Waals surface area contributed by atoms with Crippen molar-refractivity contribution in [1.82, 2.24) is 10.2 Å². The molecule has 0 aromatic carbocycles. The lowest BCUT2D eigenvalue weighted by Crippen LogP contribution is -2.42. The van der Waals surface area contributed by atoms with Gasteiger partial charge in [0.05, 0.1) is 8.45 Å². The molecule has 100 valence electrons. The van der Waals surface area contributed by atoms with Crippen LogP contribution in [0.3, 0.4) is 0 Å². The second-order valence-electron chi connectivity index (χ2n) is 4.85. The van der Waals surface area contributed by atoms with Gasteiger partial charge in [-0.15, -0.1) is 11.3 Å². The van der Waals surface area contributed by atoms with E-state index in [-0.39, 0.29) is 5.91 Å². The molecule has 5 heteroatoms. The summed E-state index contributed by atoms with van der Waals surface area (Å²) >= 11 is 3.89. The van der Waals surface area contributed by atoms with Gasteiger partial charge in [-0.3, -0.25) is 4.79 Å². The Morgan fingerprint density at radius 2 is 2.11 bits per heavy atom. The molecule has 1 aliphatic rings. The molecule has 3 nitrogen and oxygen atoms in total. The molecule has 0 radical (unpaired) electrons. The van der Waals surface area contributed by atoms with Crippen LogP contribution in [0.25, 0.3) is 0 Å². The molecule has 18 heavy (non-hydrogen) atoms. The van der Waals surface area contributed by atoms with Gasteiger partial charge in [-0.1, -0.05) is 0 Å². The van der Waals surface area contributed by atoms with Crippen molar-refractivity contribution >= 4 is 39.8 Å². The van der Waals surface area contributed by atoms with Crippen LogP contribution in [0.4, 0.5) is 0 Å². The van der Waals surface area contributed by atoms with Gasteiger partial charge in [-0.2, -0.15) is 0 Å². The van der Waals surface area contributed by atoms with E-state index in [2.05, 4.69) is 27.9 Å². The van der Waals surface area contributed by atoms with E-state index >= 15 is 0 Å². The monoisotopic (exact) mass is 378 g/mol. The molecule has 1 saturated carbocycles. The predicted octanol–water partition coefficient (Wildman–Crippen LogP) is 2.96. The van der Waals surface area contributed by atoms with E-state index in [1.165, 1.54) is 15.7 Å². The predicted molar refractivity (Wildman–Crippen MR) is 84.2 cm³/mol. The normalized spacial score (nSPS) is 23.9. The summed E-state index contributed by atoms with van der Waals surface area (Å²) in [7, 11) is 3.96. The summed E-state index contributed by atoms with van der Waals surface area (Å²) < 4.78 is 1.17. The molecule has 1 fully saturated rings. The highest BCUT2D eigenvalue weighted by Gasteiger charge is 2.26. The van der Waals surface area contributed by atoms with Crippen LogP contribution >= 0.6 is 33.9 Å². The maximum atomic E-state index is 12.3. The van der Waals surface area contributed by atoms with Crippen LogP contribution in [0.1, 0.15) is 36.0 Å². The second-order valence-corrected chi connectivity index (χ2v) is 7.66. The average molecular weight is 378 g/mol. The molecule has 2 rings (SSSR count). The fourth-order valence-corrected chi connectivity index (χ4v) is 3.86. The lowest BCUT2D eigenvalue weighted by atomic mass is 9.90. The Labute approximate surface area is 126 Å². The number of carbonyl (C=O) groups excluding carboxylic acids is 1. The lowest BCUT2D eigenvalue weighted by Gasteiger charge is -2.34. The quantitative estimate of drug-likeness (QED) is 0.821. The zero-order valence-corrected chi connectivity index (χ0v) is 13.8. The minimum Gasteiger partial charge on any atom is -0.339 e. The van der Waals surface area contributed by atoms with Crippen LogP contribution in [0, 0.1) is 2.88 Å². The lowest BCUT2D eigenvalue weighted by molar-refractivity contribution is 0.0686. The third-order valence-electron chi connectivity index (χ3n) is 3.79. The molecule has 0 spiro atoms. The Morgan fingerprint density at radius 1 is 1.44 bits per heavy atom. The zero-order valence-electron chi connectivity index (χ0n) is 10.8. The third-order valence-corrected chi connectivity index (χ3v) is 5.58. The topological polar surface area (TPSA) is 32.3 Å². The van der Waals surface area contributed by atoms with Gasteiger partial charge in [0.1, 0.15) is 0 Å². The molecule has 0 atom stereocenters. The van der Waals surface area contributed by atoms with E-state index in [1.54, 1.807) is 11.3 Å². The maximum Gasteiger partial charge on any atom is 0.254 e. The smallest absolute Gasteiger partial charge is 0.254 e. The molecule has 0 aliphatic heterocycles. The Balaban J connectivity index is 1.95. The number of hydrogen-bond donors (Lipinski definition) is 1. The van der Waals surface area contributed by atoms with Gasteiger partial charge in [0.2, 0.25) is 0 Å². The highest BCUT2D eigenvalue weighted by molar-refractivity contribution is 14.1. The number of carbonyl (C=O) groups is 1. The van der Waals surface area contributed by atoms with Crippen molar-refractivity contribution in [3.63, 3.8) is 0 Å². The van der Waals surface area contributed by atoms with Crippen molar-refractivity contribution < 1.29 is 4.79 Å². The Hall–Kier alpha value is -0.140. The fraction of sp³-hybridized carbons (Fsp3) is 0.615. The van der Waals surface area contributed by atoms with E-state index in [0.29, 0.717) is 12.1 Å². The van der Waals surface area contributed by atoms with Crippen molar-refractivity contribution in [2.75, 3.05) is 14.1 Å². The van der Waals surface area contributed by atoms with Gasteiger partial charge in [0.15, 0.2) is 0 Å². The largest absolute Gasteiger partial charge is 0.339 e. The van der Waals surface area contributed by atoms with E-state index in [1.807, 2.05) is 30.4 Å². The molecule has 1 heterocycles. The molecule has 1 N–H and O–H groups in total. The van der Waals surface area contributed by atoms with Crippen LogP contribution in [0.15, 0.2) is 11.4 Å². The first-order valence-corrected chi connectivity index (χ1v) is 8.26. The SMILES string of the molecule is CNC1CCC(N(C)C(=O)c2csc(I)c2)CC1. The fourth-order valence-electron chi connectivity index (χ4n) is 2.54. The average Bonchev–Trinajstić information content (AvgIpc) is 2.84. The first-order valence-electron chi connectivity index (χ1n) is 6.30. The van der Waals surface area contributed by atoms with Crippen LogP contribution < -0.4 is 5.32 Å². The standard InChI is InChI=1S/C13H19IN2OS/c1-15-10-3-5-11(6-4-10)16(2)13(17)9-7-12(14)18-8-9/h7-8,10-11,15H,3-6H2,1-2H3. The van der Waals surface area contributed by atoms with Gasteiger partial charge >= 0.3 is 0 Å². The van der Waals surface area contributed by atoms with Gasteiger partial charge in [-0.25, -0.2) is 0 Å². The Morgan fingerprint density at radius 3 is 2.61 bits per heavy atom. The second kappa shape index (κ2) is 6.34. The van der Waals surface area contributed by atoms with Gasteiger partial charge in [0.25, 0.3) is 5.91 Å². The third kappa shape index (κ3) is 3.24. The summed E-state index contributed by atoms with van der Waals surface area (Å²) in [6.07, 6.45) is 4.55. The molecule has 1 aliphatic carbocycles. The van der Waals surface area contributed by atoms with E-state index in [9.17, 15) is 4.79 Å². The van der Waals surface area contributed by atoms with Crippen molar-refractivity contribution in [1.29, 1.82) is 0 Å². The highest BCUT2D eigenvalue weighted by Crippen LogP contribution is 2.25. The minimum absolute atomic E-state index is 0.169. The number of halogens is 1. The molecule has 0 saturated heterocycles. The molecule has 0 bridgehead atoms. The number of rotatable bonds is 3. The van der Waals surface area contributed by atoms with E-state index in [4.69, 9.17) is 0 Å². The summed E-state index contributed by atoms with van der Waals surface area (Å²) in [5.41, 5.74) is 0.836. The van der Waals surface area contributed by atoms with E-state index < -0.39 is 0 Å². The minimum atomic E-state index is 0.169. The molecule has 1 aromatic heterocycles. The van der Waals surface area contributed by atoms with E-state index in [0.717, 1.165) is 18.4 Å². The Kier molecular flexibility index (Phi) is 5.03. The first kappa shape index (κ1) is 14.3. The summed E-state index contributed by atoms with van der Waals surface area (Å²) in [6.45, 7) is 0. The summed E-state index contributed by atoms with van der Waals surface area (Å²) in [5.74, 6) is 0.169. The number of nitrogens with one attached hydrogen (secondary N) is 1. The summed E-state index contributed by atoms with van der Waals surface area (Å²) in [5, 5.41) is 5.28. The van der Waals surface area contributed by atoms with Crippen molar-refractivity contribution in [2.45, 2.75) is 37.8 Å². The van der Waals surface area contributed by atoms with Crippen LogP contribution in [0.2, 0.25) is 0 Å². The molecular weight excluding hydrogens is 359 g/mol. The van der Waals surface area contributed by atoms with Crippen LogP contribution in [-0.4, -0.2) is 37.0 Å². The first-order chi connectivity index (χ1) is 8.61. The molecular formula is C13H19IN2OS. The number of amides is 1. The van der Waals surface area contributed by atoms with Crippen molar-refractivity contribution in [3.05, 3.63) is 19.9 Å². The van der Waals surface area contributed by atoms with Gasteiger partial charge < -0.3 is 10.2 Å². The Bertz CT molecular complexity index is 413. The molecule has 1 aromatic rings. The number of hydrogen-bond acceptors (Lipinski definition) is 3. The zero-order chi connectivity index (χ0) is 13.1. The van der Waals surface area contributed by atoms with Crippen molar-refractivity contribution in [2.24, 2.45) is 0 Å². The van der Waals surface area contributed by atoms with Gasteiger partial charge in [-0.05, 0) is 61.4 Å². The maximum absolute atomic E-state index is 12.3. The van der Waals surface area contributed by atoms with Crippen LogP contribution in [-0.2, 0) is 0 Å². The van der Waals surface area contributed by atoms with Gasteiger partial charge in [0, 0.05) is 24.5 Å².